The third-order valence-electron chi connectivity index (χ3n) is 2.08. The van der Waals surface area contributed by atoms with Crippen molar-refractivity contribution in [3.63, 3.8) is 0 Å². The van der Waals surface area contributed by atoms with E-state index in [1.54, 1.807) is 0 Å². The molecule has 2 nitrogen and oxygen atoms in total. The van der Waals surface area contributed by atoms with E-state index >= 15 is 0 Å². The van der Waals surface area contributed by atoms with Gasteiger partial charge in [-0.25, -0.2) is 0 Å². The molecular formula is C14H22O2. The summed E-state index contributed by atoms with van der Waals surface area (Å²) < 4.78 is 0. The highest BCUT2D eigenvalue weighted by Gasteiger charge is 1.96. The molecule has 1 N–H and O–H groups in total. The lowest BCUT2D eigenvalue weighted by atomic mass is 10.0. The quantitative estimate of drug-likeness (QED) is 0.849. The molecule has 0 aliphatic carbocycles. The fraction of sp³-hybridized carbons (Fsp3) is 0.500. The fourth-order valence-corrected chi connectivity index (χ4v) is 1.38. The van der Waals surface area contributed by atoms with Crippen LogP contribution in [0.5, 0.6) is 0 Å². The molecule has 0 radical (unpaired) electrons. The van der Waals surface area contributed by atoms with Gasteiger partial charge >= 0.3 is 0 Å². The summed E-state index contributed by atoms with van der Waals surface area (Å²) in [6.45, 7) is 7.79. The number of rotatable bonds is 3. The molecular weight excluding hydrogens is 200 g/mol. The summed E-state index contributed by atoms with van der Waals surface area (Å²) in [5, 5.41) is 7.42. The van der Waals surface area contributed by atoms with E-state index in [-0.39, 0.29) is 0 Å². The molecule has 0 spiro atoms. The van der Waals surface area contributed by atoms with Crippen LogP contribution >= 0.6 is 0 Å². The molecule has 0 saturated carbocycles. The normalized spacial score (nSPS) is 9.56. The highest BCUT2D eigenvalue weighted by molar-refractivity contribution is 5.62. The predicted molar refractivity (Wildman–Crippen MR) is 67.7 cm³/mol. The largest absolute Gasteiger partial charge is 0.481 e. The van der Waals surface area contributed by atoms with Crippen LogP contribution in [0.1, 0.15) is 38.8 Å². The van der Waals surface area contributed by atoms with Crippen LogP contribution in [-0.2, 0) is 17.6 Å². The Morgan fingerprint density at radius 3 is 1.88 bits per heavy atom. The molecule has 1 rings (SSSR count). The van der Waals surface area contributed by atoms with Gasteiger partial charge in [0.15, 0.2) is 0 Å². The fourth-order valence-electron chi connectivity index (χ4n) is 1.38. The molecule has 0 atom stereocenters. The average Bonchev–Trinajstić information content (AvgIpc) is 2.17. The molecule has 0 amide bonds. The summed E-state index contributed by atoms with van der Waals surface area (Å²) in [6.07, 6.45) is 2.34. The van der Waals surface area contributed by atoms with Gasteiger partial charge in [0, 0.05) is 6.92 Å². The number of hydrogen-bond acceptors (Lipinski definition) is 1. The monoisotopic (exact) mass is 222 g/mol. The highest BCUT2D eigenvalue weighted by atomic mass is 16.4. The lowest BCUT2D eigenvalue weighted by Crippen LogP contribution is -1.93. The molecule has 16 heavy (non-hydrogen) atoms. The lowest BCUT2D eigenvalue weighted by molar-refractivity contribution is -0.134. The van der Waals surface area contributed by atoms with Crippen molar-refractivity contribution in [3.8, 4) is 0 Å². The van der Waals surface area contributed by atoms with Gasteiger partial charge in [-0.2, -0.15) is 0 Å². The molecule has 0 fully saturated rings. The van der Waals surface area contributed by atoms with E-state index in [2.05, 4.69) is 45.0 Å². The van der Waals surface area contributed by atoms with Crippen LogP contribution < -0.4 is 0 Å². The second kappa shape index (κ2) is 7.91. The van der Waals surface area contributed by atoms with Gasteiger partial charge in [0.25, 0.3) is 5.97 Å². The first-order chi connectivity index (χ1) is 7.45. The number of carbonyl (C=O) groups is 1. The van der Waals surface area contributed by atoms with E-state index in [4.69, 9.17) is 9.90 Å². The van der Waals surface area contributed by atoms with Gasteiger partial charge < -0.3 is 5.11 Å². The van der Waals surface area contributed by atoms with Crippen LogP contribution in [0.25, 0.3) is 0 Å². The lowest BCUT2D eigenvalue weighted by Gasteiger charge is -2.05. The van der Waals surface area contributed by atoms with Gasteiger partial charge in [0.1, 0.15) is 0 Å². The van der Waals surface area contributed by atoms with E-state index in [0.717, 1.165) is 19.3 Å². The maximum Gasteiger partial charge on any atom is 0.300 e. The Balaban J connectivity index is 0.000000487. The molecule has 0 unspecified atom stereocenters. The Bertz CT molecular complexity index is 295. The molecule has 0 bridgehead atoms. The van der Waals surface area contributed by atoms with Gasteiger partial charge in [-0.05, 0) is 29.9 Å². The van der Waals surface area contributed by atoms with Crippen LogP contribution in [-0.4, -0.2) is 11.1 Å². The first-order valence-electron chi connectivity index (χ1n) is 5.73. The minimum atomic E-state index is -0.833. The zero-order valence-electron chi connectivity index (χ0n) is 10.7. The highest BCUT2D eigenvalue weighted by Crippen LogP contribution is 2.09. The molecule has 0 aromatic heterocycles. The minimum absolute atomic E-state index is 0.762. The van der Waals surface area contributed by atoms with Crippen molar-refractivity contribution in [2.24, 2.45) is 5.92 Å². The molecule has 0 saturated heterocycles. The number of carboxylic acids is 1. The van der Waals surface area contributed by atoms with Crippen molar-refractivity contribution in [2.45, 2.75) is 40.5 Å². The summed E-state index contributed by atoms with van der Waals surface area (Å²) >= 11 is 0. The summed E-state index contributed by atoms with van der Waals surface area (Å²) in [5.41, 5.74) is 2.89. The Labute approximate surface area is 98.3 Å². The predicted octanol–water partition coefficient (Wildman–Crippen LogP) is 3.54. The van der Waals surface area contributed by atoms with E-state index < -0.39 is 5.97 Å². The number of hydrogen-bond donors (Lipinski definition) is 1. The molecule has 2 heteroatoms. The van der Waals surface area contributed by atoms with Crippen molar-refractivity contribution < 1.29 is 9.90 Å². The number of benzene rings is 1. The van der Waals surface area contributed by atoms with Crippen molar-refractivity contribution in [1.82, 2.24) is 0 Å². The zero-order chi connectivity index (χ0) is 12.6. The number of carboxylic acid groups (broad SMARTS) is 1. The standard InChI is InChI=1S/C12H18.C2H4O2/c1-4-11-5-7-12(8-6-11)9-10(2)3;1-2(3)4/h5-8,10H,4,9H2,1-3H3;1H3,(H,3,4). The van der Waals surface area contributed by atoms with Crippen LogP contribution in [0.15, 0.2) is 24.3 Å². The van der Waals surface area contributed by atoms with Gasteiger partial charge in [-0.15, -0.1) is 0 Å². The van der Waals surface area contributed by atoms with Crippen LogP contribution in [0.3, 0.4) is 0 Å². The summed E-state index contributed by atoms with van der Waals surface area (Å²) in [5.74, 6) is -0.0718. The Kier molecular flexibility index (Phi) is 7.27. The van der Waals surface area contributed by atoms with Crippen LogP contribution in [0.2, 0.25) is 0 Å². The van der Waals surface area contributed by atoms with Crippen LogP contribution in [0, 0.1) is 5.92 Å². The zero-order valence-corrected chi connectivity index (χ0v) is 10.7. The van der Waals surface area contributed by atoms with E-state index in [1.807, 2.05) is 0 Å². The Morgan fingerprint density at radius 2 is 1.56 bits per heavy atom. The molecule has 0 aliphatic heterocycles. The van der Waals surface area contributed by atoms with E-state index in [0.29, 0.717) is 0 Å². The van der Waals surface area contributed by atoms with E-state index in [1.165, 1.54) is 17.5 Å². The van der Waals surface area contributed by atoms with Gasteiger partial charge in [-0.3, -0.25) is 4.79 Å². The van der Waals surface area contributed by atoms with Crippen molar-refractivity contribution in [3.05, 3.63) is 35.4 Å². The molecule has 0 aliphatic rings. The second-order valence-corrected chi connectivity index (χ2v) is 4.29. The van der Waals surface area contributed by atoms with Gasteiger partial charge in [0.05, 0.1) is 0 Å². The van der Waals surface area contributed by atoms with Gasteiger partial charge in [-0.1, -0.05) is 45.0 Å². The van der Waals surface area contributed by atoms with Crippen molar-refractivity contribution in [2.75, 3.05) is 0 Å². The smallest absolute Gasteiger partial charge is 0.300 e. The maximum absolute atomic E-state index is 9.00. The number of aliphatic carboxylic acids is 1. The third kappa shape index (κ3) is 8.04. The molecule has 90 valence electrons. The Morgan fingerprint density at radius 1 is 1.19 bits per heavy atom. The topological polar surface area (TPSA) is 37.3 Å². The average molecular weight is 222 g/mol. The number of aryl methyl sites for hydroxylation is 1. The maximum atomic E-state index is 9.00. The summed E-state index contributed by atoms with van der Waals surface area (Å²) in [4.78, 5) is 9.00. The molecule has 0 heterocycles. The first-order valence-corrected chi connectivity index (χ1v) is 5.73. The van der Waals surface area contributed by atoms with Crippen molar-refractivity contribution >= 4 is 5.97 Å². The van der Waals surface area contributed by atoms with Gasteiger partial charge in [0.2, 0.25) is 0 Å². The Hall–Kier alpha value is -1.31. The first kappa shape index (κ1) is 14.7. The summed E-state index contributed by atoms with van der Waals surface area (Å²) in [7, 11) is 0. The SMILES string of the molecule is CC(=O)O.CCc1ccc(CC(C)C)cc1. The van der Waals surface area contributed by atoms with E-state index in [9.17, 15) is 0 Å². The van der Waals surface area contributed by atoms with Crippen LogP contribution in [0.4, 0.5) is 0 Å². The molecule has 1 aromatic carbocycles. The third-order valence-corrected chi connectivity index (χ3v) is 2.08. The van der Waals surface area contributed by atoms with Crippen molar-refractivity contribution in [1.29, 1.82) is 0 Å². The minimum Gasteiger partial charge on any atom is -0.481 e. The summed E-state index contributed by atoms with van der Waals surface area (Å²) in [6, 6.07) is 8.97. The second-order valence-electron chi connectivity index (χ2n) is 4.29. The molecule has 1 aromatic rings.